The van der Waals surface area contributed by atoms with Crippen LogP contribution in [0.25, 0.3) is 0 Å². The van der Waals surface area contributed by atoms with Crippen molar-refractivity contribution in [2.45, 2.75) is 32.4 Å². The third kappa shape index (κ3) is 4.17. The van der Waals surface area contributed by atoms with E-state index in [2.05, 4.69) is 4.98 Å². The average molecular weight is 359 g/mol. The van der Waals surface area contributed by atoms with Crippen molar-refractivity contribution in [3.05, 3.63) is 64.4 Å². The van der Waals surface area contributed by atoms with E-state index in [4.69, 9.17) is 16.3 Å². The highest BCUT2D eigenvalue weighted by atomic mass is 35.5. The zero-order valence-corrected chi connectivity index (χ0v) is 14.7. The summed E-state index contributed by atoms with van der Waals surface area (Å²) in [6, 6.07) is 11.0. The van der Waals surface area contributed by atoms with Crippen molar-refractivity contribution < 1.29 is 14.3 Å². The number of halogens is 1. The Morgan fingerprint density at radius 2 is 2.12 bits per heavy atom. The maximum atomic E-state index is 12.3. The minimum absolute atomic E-state index is 0.0381. The van der Waals surface area contributed by atoms with Gasteiger partial charge >= 0.3 is 5.97 Å². The summed E-state index contributed by atoms with van der Waals surface area (Å²) in [4.78, 5) is 30.1. The molecule has 25 heavy (non-hydrogen) atoms. The van der Waals surface area contributed by atoms with Crippen LogP contribution in [0.5, 0.6) is 0 Å². The van der Waals surface area contributed by atoms with Crippen LogP contribution in [0.2, 0.25) is 5.02 Å². The number of aromatic nitrogens is 1. The van der Waals surface area contributed by atoms with E-state index >= 15 is 0 Å². The molecule has 2 heterocycles. The van der Waals surface area contributed by atoms with Gasteiger partial charge in [0.2, 0.25) is 5.91 Å². The summed E-state index contributed by atoms with van der Waals surface area (Å²) in [6.07, 6.45) is 2.49. The van der Waals surface area contributed by atoms with Gasteiger partial charge in [0, 0.05) is 24.7 Å². The number of rotatable bonds is 4. The first-order valence-electron chi connectivity index (χ1n) is 8.15. The van der Waals surface area contributed by atoms with Gasteiger partial charge in [0.05, 0.1) is 18.2 Å². The molecule has 130 valence electrons. The largest absolute Gasteiger partial charge is 0.459 e. The van der Waals surface area contributed by atoms with Crippen LogP contribution in [0.15, 0.2) is 42.6 Å². The van der Waals surface area contributed by atoms with Gasteiger partial charge in [0.15, 0.2) is 0 Å². The molecule has 0 spiro atoms. The van der Waals surface area contributed by atoms with Crippen LogP contribution in [0.4, 0.5) is 0 Å². The number of nitrogens with zero attached hydrogens (tertiary/aromatic N) is 2. The Labute approximate surface area is 151 Å². The number of amides is 1. The lowest BCUT2D eigenvalue weighted by atomic mass is 9.90. The van der Waals surface area contributed by atoms with Gasteiger partial charge in [0.1, 0.15) is 6.61 Å². The average Bonchev–Trinajstić information content (AvgIpc) is 2.60. The van der Waals surface area contributed by atoms with Crippen LogP contribution in [-0.2, 0) is 27.4 Å². The van der Waals surface area contributed by atoms with E-state index in [-0.39, 0.29) is 30.9 Å². The lowest BCUT2D eigenvalue weighted by Crippen LogP contribution is -2.39. The number of carbonyl (C=O) groups excluding carboxylic acids is 2. The molecule has 1 unspecified atom stereocenters. The summed E-state index contributed by atoms with van der Waals surface area (Å²) in [7, 11) is 0. The zero-order chi connectivity index (χ0) is 17.8. The van der Waals surface area contributed by atoms with E-state index in [0.29, 0.717) is 17.3 Å². The van der Waals surface area contributed by atoms with Crippen LogP contribution in [0.3, 0.4) is 0 Å². The van der Waals surface area contributed by atoms with Gasteiger partial charge in [-0.05, 0) is 29.7 Å². The highest BCUT2D eigenvalue weighted by Crippen LogP contribution is 2.32. The predicted molar refractivity (Wildman–Crippen MR) is 93.9 cm³/mol. The molecule has 0 saturated carbocycles. The normalized spacial score (nSPS) is 16.2. The summed E-state index contributed by atoms with van der Waals surface area (Å²) in [5, 5.41) is 0.546. The molecule has 5 nitrogen and oxygen atoms in total. The molecule has 3 rings (SSSR count). The molecule has 1 aliphatic heterocycles. The summed E-state index contributed by atoms with van der Waals surface area (Å²) in [6.45, 7) is 2.20. The van der Waals surface area contributed by atoms with Gasteiger partial charge in [-0.25, -0.2) is 0 Å². The molecule has 1 amide bonds. The fourth-order valence-corrected chi connectivity index (χ4v) is 3.33. The van der Waals surface area contributed by atoms with Crippen LogP contribution in [0.1, 0.15) is 36.2 Å². The third-order valence-electron chi connectivity index (χ3n) is 4.34. The molecular weight excluding hydrogens is 340 g/mol. The Morgan fingerprint density at radius 3 is 2.88 bits per heavy atom. The molecule has 6 heteroatoms. The number of fused-ring (bicyclic) bond motifs is 1. The van der Waals surface area contributed by atoms with Crippen molar-refractivity contribution in [1.29, 1.82) is 0 Å². The lowest BCUT2D eigenvalue weighted by molar-refractivity contribution is -0.147. The first-order valence-corrected chi connectivity index (χ1v) is 8.53. The van der Waals surface area contributed by atoms with Crippen molar-refractivity contribution >= 4 is 23.5 Å². The maximum absolute atomic E-state index is 12.3. The second kappa shape index (κ2) is 7.66. The SMILES string of the molecule is CC(=O)N1CCc2ccccc2C1CC(=O)OCc1cc(Cl)ccn1. The summed E-state index contributed by atoms with van der Waals surface area (Å²) >= 11 is 5.90. The molecule has 1 atom stereocenters. The minimum atomic E-state index is -0.366. The number of hydrogen-bond acceptors (Lipinski definition) is 4. The monoisotopic (exact) mass is 358 g/mol. The number of hydrogen-bond donors (Lipinski definition) is 0. The van der Waals surface area contributed by atoms with Gasteiger partial charge in [-0.1, -0.05) is 35.9 Å². The van der Waals surface area contributed by atoms with Crippen molar-refractivity contribution in [1.82, 2.24) is 9.88 Å². The molecule has 1 aromatic heterocycles. The molecule has 0 radical (unpaired) electrons. The van der Waals surface area contributed by atoms with E-state index in [1.54, 1.807) is 23.2 Å². The fraction of sp³-hybridized carbons (Fsp3) is 0.316. The quantitative estimate of drug-likeness (QED) is 0.787. The van der Waals surface area contributed by atoms with Crippen LogP contribution in [0, 0.1) is 0 Å². The molecule has 0 fully saturated rings. The summed E-state index contributed by atoms with van der Waals surface area (Å²) in [5.74, 6) is -0.404. The molecule has 0 N–H and O–H groups in total. The molecule has 1 aliphatic rings. The molecule has 0 bridgehead atoms. The van der Waals surface area contributed by atoms with Crippen molar-refractivity contribution in [3.63, 3.8) is 0 Å². The van der Waals surface area contributed by atoms with E-state index in [0.717, 1.165) is 12.0 Å². The molecular formula is C19H19ClN2O3. The van der Waals surface area contributed by atoms with E-state index in [9.17, 15) is 9.59 Å². The Hall–Kier alpha value is -2.40. The highest BCUT2D eigenvalue weighted by molar-refractivity contribution is 6.30. The van der Waals surface area contributed by atoms with E-state index < -0.39 is 0 Å². The van der Waals surface area contributed by atoms with Crippen molar-refractivity contribution in [2.24, 2.45) is 0 Å². The van der Waals surface area contributed by atoms with Gasteiger partial charge in [-0.3, -0.25) is 14.6 Å². The number of benzene rings is 1. The first-order chi connectivity index (χ1) is 12.0. The van der Waals surface area contributed by atoms with E-state index in [1.807, 2.05) is 24.3 Å². The van der Waals surface area contributed by atoms with Crippen LogP contribution >= 0.6 is 11.6 Å². The summed E-state index contributed by atoms with van der Waals surface area (Å²) in [5.41, 5.74) is 2.78. The Kier molecular flexibility index (Phi) is 5.34. The number of pyridine rings is 1. The minimum Gasteiger partial charge on any atom is -0.459 e. The Morgan fingerprint density at radius 1 is 1.32 bits per heavy atom. The standard InChI is InChI=1S/C19H19ClN2O3/c1-13(23)22-9-7-14-4-2-3-5-17(14)18(22)11-19(24)25-12-16-10-15(20)6-8-21-16/h2-6,8,10,18H,7,9,11-12H2,1H3. The number of carbonyl (C=O) groups is 2. The highest BCUT2D eigenvalue weighted by Gasteiger charge is 2.31. The molecule has 0 aliphatic carbocycles. The summed E-state index contributed by atoms with van der Waals surface area (Å²) < 4.78 is 5.33. The van der Waals surface area contributed by atoms with Crippen LogP contribution in [-0.4, -0.2) is 28.3 Å². The first kappa shape index (κ1) is 17.4. The maximum Gasteiger partial charge on any atom is 0.308 e. The Balaban J connectivity index is 1.70. The van der Waals surface area contributed by atoms with Gasteiger partial charge in [0.25, 0.3) is 0 Å². The van der Waals surface area contributed by atoms with Gasteiger partial charge in [-0.15, -0.1) is 0 Å². The number of ether oxygens (including phenoxy) is 1. The van der Waals surface area contributed by atoms with Crippen LogP contribution < -0.4 is 0 Å². The second-order valence-electron chi connectivity index (χ2n) is 6.01. The lowest BCUT2D eigenvalue weighted by Gasteiger charge is -2.36. The smallest absolute Gasteiger partial charge is 0.308 e. The van der Waals surface area contributed by atoms with E-state index in [1.165, 1.54) is 12.5 Å². The topological polar surface area (TPSA) is 59.5 Å². The molecule has 2 aromatic rings. The predicted octanol–water partition coefficient (Wildman–Crippen LogP) is 3.31. The van der Waals surface area contributed by atoms with Gasteiger partial charge in [-0.2, -0.15) is 0 Å². The van der Waals surface area contributed by atoms with Crippen molar-refractivity contribution in [3.8, 4) is 0 Å². The molecule has 0 saturated heterocycles. The van der Waals surface area contributed by atoms with Gasteiger partial charge < -0.3 is 9.64 Å². The molecule has 1 aromatic carbocycles. The third-order valence-corrected chi connectivity index (χ3v) is 4.57. The Bertz CT molecular complexity index is 794. The fourth-order valence-electron chi connectivity index (χ4n) is 3.15. The number of esters is 1. The second-order valence-corrected chi connectivity index (χ2v) is 6.44. The zero-order valence-electron chi connectivity index (χ0n) is 13.9. The van der Waals surface area contributed by atoms with Crippen molar-refractivity contribution in [2.75, 3.05) is 6.54 Å².